The molecule has 0 saturated carbocycles. The van der Waals surface area contributed by atoms with E-state index in [1.807, 2.05) is 26.0 Å². The molecule has 1 aromatic carbocycles. The lowest BCUT2D eigenvalue weighted by Crippen LogP contribution is -2.08. The van der Waals surface area contributed by atoms with Crippen LogP contribution in [-0.4, -0.2) is 32.1 Å². The van der Waals surface area contributed by atoms with Gasteiger partial charge in [0, 0.05) is 29.0 Å². The fraction of sp³-hybridized carbons (Fsp3) is 0.200. The van der Waals surface area contributed by atoms with Gasteiger partial charge in [-0.1, -0.05) is 27.6 Å². The Hall–Kier alpha value is -3.88. The van der Waals surface area contributed by atoms with Gasteiger partial charge in [-0.05, 0) is 31.9 Å². The number of aliphatic imine (C=N–C) groups is 1. The van der Waals surface area contributed by atoms with Crippen molar-refractivity contribution in [3.8, 4) is 22.8 Å². The highest BCUT2D eigenvalue weighted by atomic mass is 16.5. The van der Waals surface area contributed by atoms with E-state index in [0.29, 0.717) is 34.4 Å². The molecule has 9 heteroatoms. The molecule has 0 fully saturated rings. The van der Waals surface area contributed by atoms with Crippen LogP contribution < -0.4 is 0 Å². The van der Waals surface area contributed by atoms with Gasteiger partial charge in [0.2, 0.25) is 17.5 Å². The average molecular weight is 391 g/mol. The Labute approximate surface area is 165 Å². The van der Waals surface area contributed by atoms with E-state index < -0.39 is 0 Å². The Morgan fingerprint density at radius 2 is 1.97 bits per heavy atom. The fourth-order valence-corrected chi connectivity index (χ4v) is 3.05. The number of aromatic nitrogens is 4. The van der Waals surface area contributed by atoms with Gasteiger partial charge >= 0.3 is 0 Å². The zero-order chi connectivity index (χ0) is 20.4. The average Bonchev–Trinajstić information content (AvgIpc) is 3.44. The summed E-state index contributed by atoms with van der Waals surface area (Å²) in [6.07, 6.45) is 3.23. The number of aryl methyl sites for hydroxylation is 1. The summed E-state index contributed by atoms with van der Waals surface area (Å²) in [5, 5.41) is 11.4. The van der Waals surface area contributed by atoms with Crippen molar-refractivity contribution >= 4 is 11.6 Å². The van der Waals surface area contributed by atoms with Crippen molar-refractivity contribution < 1.29 is 18.4 Å². The summed E-state index contributed by atoms with van der Waals surface area (Å²) in [6, 6.07) is 7.17. The van der Waals surface area contributed by atoms with Crippen molar-refractivity contribution in [3.63, 3.8) is 0 Å². The summed E-state index contributed by atoms with van der Waals surface area (Å²) >= 11 is 0. The van der Waals surface area contributed by atoms with E-state index in [1.165, 1.54) is 12.5 Å². The van der Waals surface area contributed by atoms with Crippen LogP contribution in [0, 0.1) is 13.8 Å². The van der Waals surface area contributed by atoms with Crippen LogP contribution in [0.1, 0.15) is 34.3 Å². The highest BCUT2D eigenvalue weighted by Crippen LogP contribution is 2.27. The van der Waals surface area contributed by atoms with E-state index in [2.05, 4.69) is 25.4 Å². The van der Waals surface area contributed by atoms with Gasteiger partial charge in [0.1, 0.15) is 12.0 Å². The van der Waals surface area contributed by atoms with Crippen molar-refractivity contribution in [3.05, 3.63) is 59.3 Å². The second-order valence-electron chi connectivity index (χ2n) is 6.53. The third-order valence-electron chi connectivity index (χ3n) is 4.43. The number of benzene rings is 1. The molecule has 0 saturated heterocycles. The third-order valence-corrected chi connectivity index (χ3v) is 4.43. The van der Waals surface area contributed by atoms with Crippen molar-refractivity contribution in [2.75, 3.05) is 0 Å². The number of nitrogens with zero attached hydrogens (tertiary/aromatic N) is 5. The minimum atomic E-state index is -0.335. The predicted octanol–water partition coefficient (Wildman–Crippen LogP) is 3.84. The first-order valence-electron chi connectivity index (χ1n) is 8.86. The van der Waals surface area contributed by atoms with Crippen LogP contribution in [0.15, 0.2) is 55.3 Å². The summed E-state index contributed by atoms with van der Waals surface area (Å²) < 4.78 is 15.1. The van der Waals surface area contributed by atoms with Gasteiger partial charge in [0.25, 0.3) is 5.91 Å². The van der Waals surface area contributed by atoms with E-state index in [0.717, 1.165) is 16.7 Å². The van der Waals surface area contributed by atoms with E-state index in [1.54, 1.807) is 19.1 Å². The standard InChI is InChI=1S/C20H17N5O4/c1-11-4-5-14(15-7-9-27-24-15)13(3)18(11)20(26)22-12(2)10-17-23-19(25-29-17)16-6-8-21-28-16/h4-9H,10H2,1-3H3/b22-12+. The molecule has 9 nitrogen and oxygen atoms in total. The maximum atomic E-state index is 12.9. The summed E-state index contributed by atoms with van der Waals surface area (Å²) in [5.74, 6) is 0.693. The molecule has 0 bridgehead atoms. The van der Waals surface area contributed by atoms with Gasteiger partial charge in [-0.15, -0.1) is 0 Å². The zero-order valence-corrected chi connectivity index (χ0v) is 16.0. The molecule has 0 aliphatic heterocycles. The van der Waals surface area contributed by atoms with Crippen LogP contribution >= 0.6 is 0 Å². The molecule has 4 aromatic rings. The van der Waals surface area contributed by atoms with Crippen LogP contribution in [0.25, 0.3) is 22.8 Å². The first-order chi connectivity index (χ1) is 14.0. The summed E-state index contributed by atoms with van der Waals surface area (Å²) in [4.78, 5) is 21.3. The minimum Gasteiger partial charge on any atom is -0.364 e. The van der Waals surface area contributed by atoms with Gasteiger partial charge < -0.3 is 13.6 Å². The first kappa shape index (κ1) is 18.5. The van der Waals surface area contributed by atoms with Crippen molar-refractivity contribution in [2.45, 2.75) is 27.2 Å². The maximum Gasteiger partial charge on any atom is 0.277 e. The van der Waals surface area contributed by atoms with Gasteiger partial charge in [0.05, 0.1) is 12.6 Å². The second-order valence-corrected chi connectivity index (χ2v) is 6.53. The van der Waals surface area contributed by atoms with Gasteiger partial charge in [-0.25, -0.2) is 4.99 Å². The van der Waals surface area contributed by atoms with Gasteiger partial charge in [-0.3, -0.25) is 4.79 Å². The monoisotopic (exact) mass is 391 g/mol. The smallest absolute Gasteiger partial charge is 0.277 e. The van der Waals surface area contributed by atoms with E-state index in [-0.39, 0.29) is 12.3 Å². The minimum absolute atomic E-state index is 0.244. The lowest BCUT2D eigenvalue weighted by atomic mass is 9.95. The van der Waals surface area contributed by atoms with Crippen molar-refractivity contribution in [1.29, 1.82) is 0 Å². The lowest BCUT2D eigenvalue weighted by Gasteiger charge is -2.10. The molecule has 0 radical (unpaired) electrons. The molecule has 0 unspecified atom stereocenters. The van der Waals surface area contributed by atoms with Crippen LogP contribution in [0.2, 0.25) is 0 Å². The SMILES string of the molecule is C/C(Cc1nc(-c2ccno2)no1)=N\C(=O)c1c(C)ccc(-c2ccon2)c1C. The molecule has 1 amide bonds. The Bertz CT molecular complexity index is 1170. The van der Waals surface area contributed by atoms with Crippen LogP contribution in [0.5, 0.6) is 0 Å². The number of amides is 1. The number of hydrogen-bond acceptors (Lipinski definition) is 8. The first-order valence-corrected chi connectivity index (χ1v) is 8.86. The van der Waals surface area contributed by atoms with Crippen molar-refractivity contribution in [1.82, 2.24) is 20.5 Å². The van der Waals surface area contributed by atoms with Crippen LogP contribution in [0.4, 0.5) is 0 Å². The molecule has 29 heavy (non-hydrogen) atoms. The molecule has 0 aliphatic rings. The van der Waals surface area contributed by atoms with Crippen LogP contribution in [0.3, 0.4) is 0 Å². The molecule has 0 aliphatic carbocycles. The van der Waals surface area contributed by atoms with E-state index >= 15 is 0 Å². The number of hydrogen-bond donors (Lipinski definition) is 0. The maximum absolute atomic E-state index is 12.9. The zero-order valence-electron chi connectivity index (χ0n) is 16.0. The molecule has 0 N–H and O–H groups in total. The summed E-state index contributed by atoms with van der Waals surface area (Å²) in [6.45, 7) is 5.48. The molecular formula is C20H17N5O4. The summed E-state index contributed by atoms with van der Waals surface area (Å²) in [5.41, 5.74) is 4.22. The molecule has 146 valence electrons. The van der Waals surface area contributed by atoms with Gasteiger partial charge in [0.15, 0.2) is 0 Å². The number of carbonyl (C=O) groups excluding carboxylic acids is 1. The third kappa shape index (κ3) is 3.75. The summed E-state index contributed by atoms with van der Waals surface area (Å²) in [7, 11) is 0. The normalized spacial score (nSPS) is 11.8. The highest BCUT2D eigenvalue weighted by Gasteiger charge is 2.18. The Balaban J connectivity index is 1.57. The lowest BCUT2D eigenvalue weighted by molar-refractivity contribution is 0.100. The highest BCUT2D eigenvalue weighted by molar-refractivity contribution is 6.06. The molecule has 3 heterocycles. The topological polar surface area (TPSA) is 120 Å². The molecular weight excluding hydrogens is 374 g/mol. The Morgan fingerprint density at radius 3 is 2.69 bits per heavy atom. The van der Waals surface area contributed by atoms with Crippen molar-refractivity contribution in [2.24, 2.45) is 4.99 Å². The largest absolute Gasteiger partial charge is 0.364 e. The quantitative estimate of drug-likeness (QED) is 0.471. The predicted molar refractivity (Wildman–Crippen MR) is 102 cm³/mol. The van der Waals surface area contributed by atoms with Gasteiger partial charge in [-0.2, -0.15) is 4.98 Å². The molecule has 4 rings (SSSR count). The molecule has 3 aromatic heterocycles. The Morgan fingerprint density at radius 1 is 1.10 bits per heavy atom. The molecule has 0 spiro atoms. The van der Waals surface area contributed by atoms with Crippen LogP contribution in [-0.2, 0) is 6.42 Å². The number of carbonyl (C=O) groups is 1. The molecule has 0 atom stereocenters. The fourth-order valence-electron chi connectivity index (χ4n) is 3.05. The number of rotatable bonds is 5. The van der Waals surface area contributed by atoms with E-state index in [9.17, 15) is 4.79 Å². The van der Waals surface area contributed by atoms with E-state index in [4.69, 9.17) is 13.6 Å². The second kappa shape index (κ2) is 7.63. The Kier molecular flexibility index (Phi) is 4.86.